The average molecular weight is 346 g/mol. The molecule has 8 heteroatoms. The van der Waals surface area contributed by atoms with Crippen molar-refractivity contribution < 1.29 is 18.4 Å². The van der Waals surface area contributed by atoms with E-state index < -0.39 is 18.4 Å². The minimum Gasteiger partial charge on any atom is -0.335 e. The highest BCUT2D eigenvalue weighted by molar-refractivity contribution is 5.99. The predicted octanol–water partition coefficient (Wildman–Crippen LogP) is 1.70. The standard InChI is InChI=1S/C17H16F2N4O2/c18-17(19)6-7-21(11-17)15(24)10-22-9-14-13(16(22)25)8-20-23(14)12-4-2-1-3-5-12/h1-5,8H,6-7,9-11H2. The van der Waals surface area contributed by atoms with Crippen molar-refractivity contribution in [3.63, 3.8) is 0 Å². The fourth-order valence-electron chi connectivity index (χ4n) is 3.26. The highest BCUT2D eigenvalue weighted by atomic mass is 19.3. The summed E-state index contributed by atoms with van der Waals surface area (Å²) in [5.74, 6) is -3.58. The number of alkyl halides is 2. The highest BCUT2D eigenvalue weighted by Crippen LogP contribution is 2.28. The van der Waals surface area contributed by atoms with Crippen LogP contribution in [0, 0.1) is 0 Å². The van der Waals surface area contributed by atoms with Gasteiger partial charge in [0.05, 0.1) is 36.2 Å². The zero-order valence-electron chi connectivity index (χ0n) is 13.4. The number of benzene rings is 1. The molecule has 6 nitrogen and oxygen atoms in total. The lowest BCUT2D eigenvalue weighted by atomic mass is 10.2. The van der Waals surface area contributed by atoms with E-state index in [4.69, 9.17) is 0 Å². The Morgan fingerprint density at radius 1 is 1.24 bits per heavy atom. The number of likely N-dealkylation sites (tertiary alicyclic amines) is 1. The Morgan fingerprint density at radius 3 is 2.68 bits per heavy atom. The van der Waals surface area contributed by atoms with Gasteiger partial charge < -0.3 is 9.80 Å². The van der Waals surface area contributed by atoms with Gasteiger partial charge in [0, 0.05) is 13.0 Å². The summed E-state index contributed by atoms with van der Waals surface area (Å²) in [5, 5.41) is 4.24. The molecule has 2 amide bonds. The third-order valence-electron chi connectivity index (χ3n) is 4.58. The summed E-state index contributed by atoms with van der Waals surface area (Å²) < 4.78 is 28.2. The zero-order valence-corrected chi connectivity index (χ0v) is 13.4. The van der Waals surface area contributed by atoms with Crippen molar-refractivity contribution in [2.24, 2.45) is 0 Å². The van der Waals surface area contributed by atoms with Crippen LogP contribution in [0.1, 0.15) is 22.5 Å². The minimum absolute atomic E-state index is 0.0264. The number of carbonyl (C=O) groups excluding carboxylic acids is 2. The van der Waals surface area contributed by atoms with Crippen molar-refractivity contribution in [2.45, 2.75) is 18.9 Å². The molecule has 2 aliphatic rings. The van der Waals surface area contributed by atoms with E-state index >= 15 is 0 Å². The number of hydrogen-bond acceptors (Lipinski definition) is 3. The molecule has 0 atom stereocenters. The lowest BCUT2D eigenvalue weighted by molar-refractivity contribution is -0.132. The Morgan fingerprint density at radius 2 is 2.00 bits per heavy atom. The summed E-state index contributed by atoms with van der Waals surface area (Å²) in [6.07, 6.45) is 1.16. The molecule has 130 valence electrons. The first-order valence-corrected chi connectivity index (χ1v) is 8.02. The zero-order chi connectivity index (χ0) is 17.6. The van der Waals surface area contributed by atoms with E-state index in [9.17, 15) is 18.4 Å². The van der Waals surface area contributed by atoms with Crippen molar-refractivity contribution in [2.75, 3.05) is 19.6 Å². The van der Waals surface area contributed by atoms with E-state index in [2.05, 4.69) is 5.10 Å². The molecule has 2 aliphatic heterocycles. The summed E-state index contributed by atoms with van der Waals surface area (Å²) in [5.41, 5.74) is 1.98. The van der Waals surface area contributed by atoms with E-state index in [-0.39, 0.29) is 32.0 Å². The van der Waals surface area contributed by atoms with Gasteiger partial charge in [-0.15, -0.1) is 0 Å². The van der Waals surface area contributed by atoms with Crippen LogP contribution in [0.4, 0.5) is 8.78 Å². The fourth-order valence-corrected chi connectivity index (χ4v) is 3.26. The molecule has 4 rings (SSSR count). The number of hydrogen-bond donors (Lipinski definition) is 0. The number of amides is 2. The van der Waals surface area contributed by atoms with E-state index in [1.165, 1.54) is 11.1 Å². The van der Waals surface area contributed by atoms with Crippen molar-refractivity contribution in [3.8, 4) is 5.69 Å². The topological polar surface area (TPSA) is 58.4 Å². The summed E-state index contributed by atoms with van der Waals surface area (Å²) in [6.45, 7) is -0.505. The molecule has 1 aromatic heterocycles. The van der Waals surface area contributed by atoms with Crippen molar-refractivity contribution in [1.82, 2.24) is 19.6 Å². The van der Waals surface area contributed by atoms with Gasteiger partial charge in [-0.25, -0.2) is 13.5 Å². The molecule has 0 saturated carbocycles. The molecule has 1 fully saturated rings. The van der Waals surface area contributed by atoms with Crippen LogP contribution in [0.2, 0.25) is 0 Å². The summed E-state index contributed by atoms with van der Waals surface area (Å²) in [6, 6.07) is 9.37. The van der Waals surface area contributed by atoms with Gasteiger partial charge in [-0.05, 0) is 12.1 Å². The Balaban J connectivity index is 1.50. The van der Waals surface area contributed by atoms with Crippen LogP contribution < -0.4 is 0 Å². The average Bonchev–Trinajstić information content (AvgIpc) is 3.24. The smallest absolute Gasteiger partial charge is 0.267 e. The number of nitrogens with zero attached hydrogens (tertiary/aromatic N) is 4. The molecule has 2 aromatic rings. The molecule has 0 aliphatic carbocycles. The Kier molecular flexibility index (Phi) is 3.55. The maximum atomic E-state index is 13.3. The van der Waals surface area contributed by atoms with Gasteiger partial charge >= 0.3 is 0 Å². The molecule has 1 aromatic carbocycles. The van der Waals surface area contributed by atoms with Gasteiger partial charge in [-0.2, -0.15) is 5.10 Å². The number of carbonyl (C=O) groups is 2. The molecule has 0 unspecified atom stereocenters. The minimum atomic E-state index is -2.83. The number of fused-ring (bicyclic) bond motifs is 1. The number of aromatic nitrogens is 2. The molecular formula is C17H16F2N4O2. The Labute approximate surface area is 142 Å². The Hall–Kier alpha value is -2.77. The third kappa shape index (κ3) is 2.77. The van der Waals surface area contributed by atoms with Crippen LogP contribution in [0.25, 0.3) is 5.69 Å². The van der Waals surface area contributed by atoms with E-state index in [0.29, 0.717) is 11.3 Å². The normalized spacial score (nSPS) is 18.7. The first-order valence-electron chi connectivity index (χ1n) is 8.02. The van der Waals surface area contributed by atoms with Crippen LogP contribution in [-0.4, -0.2) is 57.0 Å². The predicted molar refractivity (Wildman–Crippen MR) is 84.4 cm³/mol. The third-order valence-corrected chi connectivity index (χ3v) is 4.58. The molecule has 0 N–H and O–H groups in total. The molecule has 0 radical (unpaired) electrons. The maximum absolute atomic E-state index is 13.3. The molecule has 1 saturated heterocycles. The van der Waals surface area contributed by atoms with Gasteiger partial charge in [0.25, 0.3) is 11.8 Å². The van der Waals surface area contributed by atoms with E-state index in [1.807, 2.05) is 30.3 Å². The maximum Gasteiger partial charge on any atom is 0.267 e. The lowest BCUT2D eigenvalue weighted by Crippen LogP contribution is -2.40. The molecule has 3 heterocycles. The van der Waals surface area contributed by atoms with Crippen LogP contribution in [0.3, 0.4) is 0 Å². The molecule has 0 spiro atoms. The van der Waals surface area contributed by atoms with Gasteiger partial charge in [0.2, 0.25) is 5.91 Å². The second-order valence-electron chi connectivity index (χ2n) is 6.33. The quantitative estimate of drug-likeness (QED) is 0.850. The fraction of sp³-hybridized carbons (Fsp3) is 0.353. The van der Waals surface area contributed by atoms with Crippen LogP contribution in [-0.2, 0) is 11.3 Å². The Bertz CT molecular complexity index is 834. The van der Waals surface area contributed by atoms with Crippen LogP contribution in [0.5, 0.6) is 0 Å². The van der Waals surface area contributed by atoms with Crippen molar-refractivity contribution in [1.29, 1.82) is 0 Å². The van der Waals surface area contributed by atoms with Crippen molar-refractivity contribution in [3.05, 3.63) is 47.8 Å². The second-order valence-corrected chi connectivity index (χ2v) is 6.33. The van der Waals surface area contributed by atoms with Gasteiger partial charge in [-0.3, -0.25) is 9.59 Å². The number of rotatable bonds is 3. The molecule has 25 heavy (non-hydrogen) atoms. The number of para-hydroxylation sites is 1. The van der Waals surface area contributed by atoms with E-state index in [0.717, 1.165) is 10.6 Å². The monoisotopic (exact) mass is 346 g/mol. The highest BCUT2D eigenvalue weighted by Gasteiger charge is 2.41. The van der Waals surface area contributed by atoms with Gasteiger partial charge in [-0.1, -0.05) is 18.2 Å². The second kappa shape index (κ2) is 5.65. The summed E-state index contributed by atoms with van der Waals surface area (Å²) in [7, 11) is 0. The lowest BCUT2D eigenvalue weighted by Gasteiger charge is -2.21. The van der Waals surface area contributed by atoms with Gasteiger partial charge in [0.15, 0.2) is 0 Å². The van der Waals surface area contributed by atoms with E-state index in [1.54, 1.807) is 4.68 Å². The number of halogens is 2. The van der Waals surface area contributed by atoms with Crippen molar-refractivity contribution >= 4 is 11.8 Å². The largest absolute Gasteiger partial charge is 0.335 e. The summed E-state index contributed by atoms with van der Waals surface area (Å²) >= 11 is 0. The molecule has 0 bridgehead atoms. The molecular weight excluding hydrogens is 330 g/mol. The van der Waals surface area contributed by atoms with Crippen LogP contribution >= 0.6 is 0 Å². The summed E-state index contributed by atoms with van der Waals surface area (Å²) in [4.78, 5) is 27.2. The van der Waals surface area contributed by atoms with Gasteiger partial charge in [0.1, 0.15) is 6.54 Å². The SMILES string of the molecule is O=C(CN1Cc2c(cnn2-c2ccccc2)C1=O)N1CCC(F)(F)C1. The first kappa shape index (κ1) is 15.7. The van der Waals surface area contributed by atoms with Crippen LogP contribution in [0.15, 0.2) is 36.5 Å². The first-order chi connectivity index (χ1) is 11.9.